The van der Waals surface area contributed by atoms with E-state index in [0.29, 0.717) is 23.0 Å². The second-order valence-corrected chi connectivity index (χ2v) is 5.62. The van der Waals surface area contributed by atoms with Crippen LogP contribution in [0.1, 0.15) is 12.5 Å². The zero-order valence-electron chi connectivity index (χ0n) is 10.6. The number of halogens is 2. The van der Waals surface area contributed by atoms with E-state index in [1.807, 2.05) is 19.1 Å². The van der Waals surface area contributed by atoms with Crippen LogP contribution in [0.15, 0.2) is 33.3 Å². The minimum atomic E-state index is 0.534. The molecule has 0 radical (unpaired) electrons. The highest BCUT2D eigenvalue weighted by Gasteiger charge is 2.08. The number of rotatable bonds is 4. The number of hydrogen-bond donors (Lipinski definition) is 2. The summed E-state index contributed by atoms with van der Waals surface area (Å²) in [7, 11) is 0. The number of nitrogens with one attached hydrogen (secondary N) is 2. The van der Waals surface area contributed by atoms with Gasteiger partial charge in [0, 0.05) is 17.2 Å². The average molecular weight is 397 g/mol. The second kappa shape index (κ2) is 6.68. The first-order valence-corrected chi connectivity index (χ1v) is 7.45. The zero-order valence-corrected chi connectivity index (χ0v) is 13.8. The predicted octanol–water partition coefficient (Wildman–Crippen LogP) is 4.05. The Labute approximate surface area is 133 Å². The lowest BCUT2D eigenvalue weighted by Crippen LogP contribution is -2.05. The fraction of sp³-hybridized carbons (Fsp3) is 0.154. The Hall–Kier alpha value is -1.65. The van der Waals surface area contributed by atoms with Crippen LogP contribution in [-0.2, 0) is 0 Å². The van der Waals surface area contributed by atoms with Crippen LogP contribution in [-0.4, -0.2) is 16.5 Å². The van der Waals surface area contributed by atoms with E-state index in [4.69, 9.17) is 5.26 Å². The number of hydrogen-bond acceptors (Lipinski definition) is 5. The monoisotopic (exact) mass is 395 g/mol. The molecule has 2 aromatic rings. The van der Waals surface area contributed by atoms with Crippen LogP contribution >= 0.6 is 31.9 Å². The molecule has 1 aromatic carbocycles. The van der Waals surface area contributed by atoms with Gasteiger partial charge in [-0.05, 0) is 41.1 Å². The Morgan fingerprint density at radius 1 is 1.35 bits per heavy atom. The summed E-state index contributed by atoms with van der Waals surface area (Å²) >= 11 is 6.78. The third-order valence-corrected chi connectivity index (χ3v) is 3.51. The molecule has 0 saturated carbocycles. The van der Waals surface area contributed by atoms with E-state index in [1.165, 1.54) is 0 Å². The predicted molar refractivity (Wildman–Crippen MR) is 86.0 cm³/mol. The first-order chi connectivity index (χ1) is 9.63. The van der Waals surface area contributed by atoms with Crippen molar-refractivity contribution in [3.05, 3.63) is 38.9 Å². The molecule has 20 heavy (non-hydrogen) atoms. The molecule has 0 bridgehead atoms. The van der Waals surface area contributed by atoms with Gasteiger partial charge in [-0.3, -0.25) is 0 Å². The summed E-state index contributed by atoms with van der Waals surface area (Å²) in [6.07, 6.45) is 1.66. The van der Waals surface area contributed by atoms with Crippen LogP contribution in [0.4, 0.5) is 17.5 Å². The Balaban J connectivity index is 2.37. The Morgan fingerprint density at radius 2 is 2.15 bits per heavy atom. The number of nitrogens with zero attached hydrogens (tertiary/aromatic N) is 3. The number of nitriles is 1. The minimum absolute atomic E-state index is 0.534. The van der Waals surface area contributed by atoms with Crippen molar-refractivity contribution in [1.82, 2.24) is 9.97 Å². The zero-order chi connectivity index (χ0) is 14.5. The molecule has 102 valence electrons. The van der Waals surface area contributed by atoms with Crippen molar-refractivity contribution in [3.8, 4) is 6.07 Å². The van der Waals surface area contributed by atoms with Crippen LogP contribution < -0.4 is 10.6 Å². The van der Waals surface area contributed by atoms with Gasteiger partial charge in [0.25, 0.3) is 0 Å². The Bertz CT molecular complexity index is 666. The fourth-order valence-electron chi connectivity index (χ4n) is 1.54. The third-order valence-electron chi connectivity index (χ3n) is 2.43. The molecule has 0 fully saturated rings. The topological polar surface area (TPSA) is 73.6 Å². The van der Waals surface area contributed by atoms with Crippen molar-refractivity contribution in [2.45, 2.75) is 6.92 Å². The van der Waals surface area contributed by atoms with Gasteiger partial charge in [-0.15, -0.1) is 0 Å². The fourth-order valence-corrected chi connectivity index (χ4v) is 2.19. The number of benzene rings is 1. The minimum Gasteiger partial charge on any atom is -0.354 e. The van der Waals surface area contributed by atoms with Crippen molar-refractivity contribution in [3.63, 3.8) is 0 Å². The van der Waals surface area contributed by atoms with Gasteiger partial charge in [0.2, 0.25) is 5.95 Å². The van der Waals surface area contributed by atoms with Crippen molar-refractivity contribution in [2.24, 2.45) is 0 Å². The highest BCUT2D eigenvalue weighted by atomic mass is 79.9. The standard InChI is InChI=1S/C13H11Br2N5/c1-2-17-13-18-7-10(15)12(20-13)19-11-5-9(14)4-3-8(11)6-16/h3-5,7H,2H2,1H3,(H2,17,18,19,20). The van der Waals surface area contributed by atoms with Gasteiger partial charge in [-0.25, -0.2) is 4.98 Å². The smallest absolute Gasteiger partial charge is 0.224 e. The van der Waals surface area contributed by atoms with Crippen molar-refractivity contribution in [2.75, 3.05) is 17.2 Å². The quantitative estimate of drug-likeness (QED) is 0.815. The first-order valence-electron chi connectivity index (χ1n) is 5.87. The molecule has 0 atom stereocenters. The van der Waals surface area contributed by atoms with E-state index in [-0.39, 0.29) is 0 Å². The molecule has 0 aliphatic heterocycles. The molecule has 0 spiro atoms. The van der Waals surface area contributed by atoms with Gasteiger partial charge in [0.15, 0.2) is 0 Å². The molecule has 1 heterocycles. The van der Waals surface area contributed by atoms with Gasteiger partial charge in [0.1, 0.15) is 11.9 Å². The molecule has 7 heteroatoms. The highest BCUT2D eigenvalue weighted by Crippen LogP contribution is 2.28. The second-order valence-electron chi connectivity index (χ2n) is 3.85. The van der Waals surface area contributed by atoms with Crippen LogP contribution in [0.5, 0.6) is 0 Å². The van der Waals surface area contributed by atoms with E-state index in [9.17, 15) is 0 Å². The SMILES string of the molecule is CCNc1ncc(Br)c(Nc2cc(Br)ccc2C#N)n1. The molecule has 0 amide bonds. The summed E-state index contributed by atoms with van der Waals surface area (Å²) < 4.78 is 1.61. The van der Waals surface area contributed by atoms with Crippen molar-refractivity contribution in [1.29, 1.82) is 5.26 Å². The number of anilines is 3. The number of aromatic nitrogens is 2. The van der Waals surface area contributed by atoms with E-state index in [2.05, 4.69) is 58.5 Å². The summed E-state index contributed by atoms with van der Waals surface area (Å²) in [4.78, 5) is 8.50. The van der Waals surface area contributed by atoms with Crippen LogP contribution in [0.3, 0.4) is 0 Å². The van der Waals surface area contributed by atoms with E-state index >= 15 is 0 Å². The maximum atomic E-state index is 9.13. The van der Waals surface area contributed by atoms with E-state index in [1.54, 1.807) is 12.3 Å². The largest absolute Gasteiger partial charge is 0.354 e. The lowest BCUT2D eigenvalue weighted by atomic mass is 10.2. The summed E-state index contributed by atoms with van der Waals surface area (Å²) in [5, 5.41) is 15.3. The molecule has 2 N–H and O–H groups in total. The molecule has 0 aliphatic carbocycles. The summed E-state index contributed by atoms with van der Waals surface area (Å²) in [5.74, 6) is 1.14. The van der Waals surface area contributed by atoms with Crippen molar-refractivity contribution >= 4 is 49.3 Å². The molecule has 2 rings (SSSR count). The van der Waals surface area contributed by atoms with E-state index in [0.717, 1.165) is 15.5 Å². The van der Waals surface area contributed by atoms with Gasteiger partial charge in [0.05, 0.1) is 15.7 Å². The van der Waals surface area contributed by atoms with Gasteiger partial charge in [-0.2, -0.15) is 10.2 Å². The average Bonchev–Trinajstić information content (AvgIpc) is 2.43. The Morgan fingerprint density at radius 3 is 2.85 bits per heavy atom. The molecule has 1 aromatic heterocycles. The van der Waals surface area contributed by atoms with Gasteiger partial charge in [-0.1, -0.05) is 15.9 Å². The normalized spacial score (nSPS) is 9.90. The lowest BCUT2D eigenvalue weighted by molar-refractivity contribution is 1.08. The van der Waals surface area contributed by atoms with Crippen LogP contribution in [0.25, 0.3) is 0 Å². The van der Waals surface area contributed by atoms with Crippen molar-refractivity contribution < 1.29 is 0 Å². The van der Waals surface area contributed by atoms with Gasteiger partial charge < -0.3 is 10.6 Å². The molecule has 0 unspecified atom stereocenters. The highest BCUT2D eigenvalue weighted by molar-refractivity contribution is 9.10. The summed E-state index contributed by atoms with van der Waals surface area (Å²) in [6.45, 7) is 2.71. The maximum absolute atomic E-state index is 9.13. The maximum Gasteiger partial charge on any atom is 0.224 e. The first kappa shape index (κ1) is 14.8. The van der Waals surface area contributed by atoms with Crippen LogP contribution in [0, 0.1) is 11.3 Å². The molecular formula is C13H11Br2N5. The van der Waals surface area contributed by atoms with Gasteiger partial charge >= 0.3 is 0 Å². The summed E-state index contributed by atoms with van der Waals surface area (Å²) in [6, 6.07) is 7.54. The Kier molecular flexibility index (Phi) is 4.93. The third kappa shape index (κ3) is 3.46. The lowest BCUT2D eigenvalue weighted by Gasteiger charge is -2.11. The molecule has 0 aliphatic rings. The van der Waals surface area contributed by atoms with Crippen LogP contribution in [0.2, 0.25) is 0 Å². The van der Waals surface area contributed by atoms with E-state index < -0.39 is 0 Å². The molecule has 5 nitrogen and oxygen atoms in total. The molecular weight excluding hydrogens is 386 g/mol. The summed E-state index contributed by atoms with van der Waals surface area (Å²) in [5.41, 5.74) is 1.23. The molecule has 0 saturated heterocycles.